The van der Waals surface area contributed by atoms with Crippen molar-refractivity contribution < 1.29 is 9.53 Å². The highest BCUT2D eigenvalue weighted by molar-refractivity contribution is 9.10. The molecule has 110 valence electrons. The number of hydrogen-bond acceptors (Lipinski definition) is 4. The lowest BCUT2D eigenvalue weighted by molar-refractivity contribution is 0.102. The minimum Gasteiger partial charge on any atom is -0.496 e. The number of amides is 1. The Labute approximate surface area is 131 Å². The SMILES string of the molecule is COc1ccc(NC(=O)c2ccc(C)cc2NN)cc1Br. The van der Waals surface area contributed by atoms with Gasteiger partial charge in [0.1, 0.15) is 5.75 Å². The van der Waals surface area contributed by atoms with Gasteiger partial charge < -0.3 is 15.5 Å². The molecule has 0 saturated heterocycles. The molecule has 0 aromatic heterocycles. The van der Waals surface area contributed by atoms with Gasteiger partial charge >= 0.3 is 0 Å². The molecule has 0 aliphatic rings. The molecule has 0 radical (unpaired) electrons. The highest BCUT2D eigenvalue weighted by atomic mass is 79.9. The first-order valence-corrected chi connectivity index (χ1v) is 7.06. The lowest BCUT2D eigenvalue weighted by Crippen LogP contribution is -2.17. The molecule has 5 nitrogen and oxygen atoms in total. The van der Waals surface area contributed by atoms with E-state index in [-0.39, 0.29) is 5.91 Å². The molecule has 0 spiro atoms. The molecule has 0 heterocycles. The Bertz CT molecular complexity index is 674. The summed E-state index contributed by atoms with van der Waals surface area (Å²) in [6.07, 6.45) is 0. The Hall–Kier alpha value is -2.05. The van der Waals surface area contributed by atoms with Crippen LogP contribution in [0.4, 0.5) is 11.4 Å². The maximum atomic E-state index is 12.3. The van der Waals surface area contributed by atoms with E-state index >= 15 is 0 Å². The fourth-order valence-electron chi connectivity index (χ4n) is 1.92. The van der Waals surface area contributed by atoms with E-state index in [4.69, 9.17) is 10.6 Å². The number of carbonyl (C=O) groups excluding carboxylic acids is 1. The summed E-state index contributed by atoms with van der Waals surface area (Å²) in [5, 5.41) is 2.82. The van der Waals surface area contributed by atoms with Crippen molar-refractivity contribution in [2.24, 2.45) is 5.84 Å². The average molecular weight is 350 g/mol. The monoisotopic (exact) mass is 349 g/mol. The predicted octanol–water partition coefficient (Wildman–Crippen LogP) is 3.30. The third-order valence-corrected chi connectivity index (χ3v) is 3.60. The van der Waals surface area contributed by atoms with E-state index in [1.54, 1.807) is 31.4 Å². The lowest BCUT2D eigenvalue weighted by atomic mass is 10.1. The third kappa shape index (κ3) is 3.53. The zero-order valence-corrected chi connectivity index (χ0v) is 13.3. The van der Waals surface area contributed by atoms with Gasteiger partial charge in [0.15, 0.2) is 0 Å². The molecule has 0 aliphatic carbocycles. The average Bonchev–Trinajstić information content (AvgIpc) is 2.47. The van der Waals surface area contributed by atoms with Crippen molar-refractivity contribution in [3.8, 4) is 5.75 Å². The van der Waals surface area contributed by atoms with E-state index < -0.39 is 0 Å². The molecule has 2 aromatic rings. The van der Waals surface area contributed by atoms with Crippen molar-refractivity contribution >= 4 is 33.2 Å². The summed E-state index contributed by atoms with van der Waals surface area (Å²) < 4.78 is 5.92. The summed E-state index contributed by atoms with van der Waals surface area (Å²) in [4.78, 5) is 12.3. The van der Waals surface area contributed by atoms with Crippen LogP contribution in [0, 0.1) is 6.92 Å². The lowest BCUT2D eigenvalue weighted by Gasteiger charge is -2.11. The van der Waals surface area contributed by atoms with Gasteiger partial charge in [0, 0.05) is 5.69 Å². The summed E-state index contributed by atoms with van der Waals surface area (Å²) in [6.45, 7) is 1.93. The van der Waals surface area contributed by atoms with Crippen LogP contribution in [0.3, 0.4) is 0 Å². The number of nitrogen functional groups attached to an aromatic ring is 1. The van der Waals surface area contributed by atoms with Gasteiger partial charge in [0.05, 0.1) is 22.8 Å². The number of hydrogen-bond donors (Lipinski definition) is 3. The highest BCUT2D eigenvalue weighted by Gasteiger charge is 2.12. The highest BCUT2D eigenvalue weighted by Crippen LogP contribution is 2.28. The fraction of sp³-hybridized carbons (Fsp3) is 0.133. The van der Waals surface area contributed by atoms with Crippen molar-refractivity contribution in [3.63, 3.8) is 0 Å². The molecular weight excluding hydrogens is 334 g/mol. The quantitative estimate of drug-likeness (QED) is 0.584. The number of methoxy groups -OCH3 is 1. The Kier molecular flexibility index (Phi) is 4.82. The van der Waals surface area contributed by atoms with Gasteiger partial charge in [-0.3, -0.25) is 10.6 Å². The van der Waals surface area contributed by atoms with E-state index in [0.29, 0.717) is 22.7 Å². The molecule has 1 amide bonds. The minimum absolute atomic E-state index is 0.236. The molecule has 0 atom stereocenters. The Balaban J connectivity index is 2.24. The van der Waals surface area contributed by atoms with Gasteiger partial charge in [0.25, 0.3) is 5.91 Å². The van der Waals surface area contributed by atoms with Crippen molar-refractivity contribution in [1.82, 2.24) is 0 Å². The number of anilines is 2. The first-order valence-electron chi connectivity index (χ1n) is 6.27. The number of hydrazine groups is 1. The van der Waals surface area contributed by atoms with Gasteiger partial charge in [-0.2, -0.15) is 0 Å². The second-order valence-electron chi connectivity index (χ2n) is 4.50. The standard InChI is InChI=1S/C15H16BrN3O2/c1-9-3-5-11(13(7-9)19-17)15(20)18-10-4-6-14(21-2)12(16)8-10/h3-8,19H,17H2,1-2H3,(H,18,20). The molecule has 2 aromatic carbocycles. The van der Waals surface area contributed by atoms with E-state index in [0.717, 1.165) is 10.0 Å². The largest absolute Gasteiger partial charge is 0.496 e. The fourth-order valence-corrected chi connectivity index (χ4v) is 2.46. The molecule has 0 fully saturated rings. The molecule has 2 rings (SSSR count). The molecule has 21 heavy (non-hydrogen) atoms. The van der Waals surface area contributed by atoms with E-state index in [1.165, 1.54) is 0 Å². The molecular formula is C15H16BrN3O2. The zero-order chi connectivity index (χ0) is 15.4. The molecule has 0 unspecified atom stereocenters. The minimum atomic E-state index is -0.236. The molecule has 4 N–H and O–H groups in total. The summed E-state index contributed by atoms with van der Waals surface area (Å²) in [7, 11) is 1.59. The number of carbonyl (C=O) groups is 1. The van der Waals surface area contributed by atoms with Crippen molar-refractivity contribution in [2.75, 3.05) is 17.9 Å². The summed E-state index contributed by atoms with van der Waals surface area (Å²) in [5.41, 5.74) is 5.29. The maximum Gasteiger partial charge on any atom is 0.257 e. The van der Waals surface area contributed by atoms with Crippen LogP contribution >= 0.6 is 15.9 Å². The number of aryl methyl sites for hydroxylation is 1. The van der Waals surface area contributed by atoms with Gasteiger partial charge in [-0.1, -0.05) is 6.07 Å². The maximum absolute atomic E-state index is 12.3. The third-order valence-electron chi connectivity index (χ3n) is 2.98. The van der Waals surface area contributed by atoms with Gasteiger partial charge in [0.2, 0.25) is 0 Å². The van der Waals surface area contributed by atoms with Gasteiger partial charge in [-0.05, 0) is 58.7 Å². The van der Waals surface area contributed by atoms with Crippen LogP contribution in [0.1, 0.15) is 15.9 Å². The van der Waals surface area contributed by atoms with Crippen LogP contribution in [0.25, 0.3) is 0 Å². The summed E-state index contributed by atoms with van der Waals surface area (Å²) in [6, 6.07) is 10.7. The first kappa shape index (κ1) is 15.3. The van der Waals surface area contributed by atoms with Crippen LogP contribution in [0.2, 0.25) is 0 Å². The van der Waals surface area contributed by atoms with Crippen LogP contribution in [-0.2, 0) is 0 Å². The smallest absolute Gasteiger partial charge is 0.257 e. The van der Waals surface area contributed by atoms with E-state index in [2.05, 4.69) is 26.7 Å². The summed E-state index contributed by atoms with van der Waals surface area (Å²) in [5.74, 6) is 5.92. The first-order chi connectivity index (χ1) is 10.0. The second-order valence-corrected chi connectivity index (χ2v) is 5.35. The number of halogens is 1. The van der Waals surface area contributed by atoms with Crippen molar-refractivity contribution in [1.29, 1.82) is 0 Å². The Morgan fingerprint density at radius 2 is 2.00 bits per heavy atom. The molecule has 0 bridgehead atoms. The second kappa shape index (κ2) is 6.60. The Morgan fingerprint density at radius 3 is 2.62 bits per heavy atom. The Morgan fingerprint density at radius 1 is 1.24 bits per heavy atom. The predicted molar refractivity (Wildman–Crippen MR) is 87.6 cm³/mol. The van der Waals surface area contributed by atoms with Crippen LogP contribution in [-0.4, -0.2) is 13.0 Å². The molecule has 6 heteroatoms. The number of benzene rings is 2. The number of nitrogens with two attached hydrogens (primary N) is 1. The summed E-state index contributed by atoms with van der Waals surface area (Å²) >= 11 is 3.38. The van der Waals surface area contributed by atoms with Crippen molar-refractivity contribution in [3.05, 3.63) is 52.0 Å². The number of rotatable bonds is 4. The van der Waals surface area contributed by atoms with Crippen LogP contribution < -0.4 is 21.3 Å². The van der Waals surface area contributed by atoms with Gasteiger partial charge in [-0.15, -0.1) is 0 Å². The van der Waals surface area contributed by atoms with Crippen LogP contribution in [0.15, 0.2) is 40.9 Å². The van der Waals surface area contributed by atoms with Crippen LogP contribution in [0.5, 0.6) is 5.75 Å². The number of nitrogens with one attached hydrogen (secondary N) is 2. The van der Waals surface area contributed by atoms with E-state index in [9.17, 15) is 4.79 Å². The zero-order valence-electron chi connectivity index (χ0n) is 11.7. The van der Waals surface area contributed by atoms with Gasteiger partial charge in [-0.25, -0.2) is 0 Å². The molecule has 0 saturated carbocycles. The normalized spacial score (nSPS) is 10.1. The number of ether oxygens (including phenoxy) is 1. The topological polar surface area (TPSA) is 76.4 Å². The van der Waals surface area contributed by atoms with Crippen molar-refractivity contribution in [2.45, 2.75) is 6.92 Å². The molecule has 0 aliphatic heterocycles. The van der Waals surface area contributed by atoms with E-state index in [1.807, 2.05) is 19.1 Å².